The van der Waals surface area contributed by atoms with Crippen LogP contribution >= 0.6 is 0 Å². The number of morpholine rings is 1. The van der Waals surface area contributed by atoms with Crippen molar-refractivity contribution < 1.29 is 14.3 Å². The molecule has 0 bridgehead atoms. The highest BCUT2D eigenvalue weighted by Crippen LogP contribution is 2.29. The first-order valence-corrected chi connectivity index (χ1v) is 12.2. The molecule has 35 heavy (non-hydrogen) atoms. The number of nitrogens with zero attached hydrogens (tertiary/aromatic N) is 2. The largest absolute Gasteiger partial charge is 0.373 e. The minimum absolute atomic E-state index is 0.0209. The first kappa shape index (κ1) is 23.3. The summed E-state index contributed by atoms with van der Waals surface area (Å²) in [5.74, 6) is -0.190. The van der Waals surface area contributed by atoms with Gasteiger partial charge in [0.2, 0.25) is 0 Å². The molecule has 180 valence electrons. The van der Waals surface area contributed by atoms with Crippen LogP contribution in [0.25, 0.3) is 0 Å². The second kappa shape index (κ2) is 10.0. The number of amides is 2. The van der Waals surface area contributed by atoms with Crippen molar-refractivity contribution in [3.8, 4) is 0 Å². The lowest BCUT2D eigenvalue weighted by Crippen LogP contribution is -2.44. The van der Waals surface area contributed by atoms with Crippen LogP contribution < -0.4 is 10.2 Å². The average Bonchev–Trinajstić information content (AvgIpc) is 3.28. The zero-order valence-corrected chi connectivity index (χ0v) is 20.2. The van der Waals surface area contributed by atoms with E-state index in [9.17, 15) is 9.59 Å². The van der Waals surface area contributed by atoms with Gasteiger partial charge in [-0.25, -0.2) is 0 Å². The van der Waals surface area contributed by atoms with E-state index in [0.717, 1.165) is 31.7 Å². The first-order chi connectivity index (χ1) is 17.0. The quantitative estimate of drug-likeness (QED) is 0.586. The number of hydrogen-bond donors (Lipinski definition) is 1. The molecule has 2 heterocycles. The van der Waals surface area contributed by atoms with Crippen molar-refractivity contribution in [2.45, 2.75) is 39.0 Å². The van der Waals surface area contributed by atoms with E-state index < -0.39 is 0 Å². The van der Waals surface area contributed by atoms with Crippen molar-refractivity contribution in [1.82, 2.24) is 4.90 Å². The van der Waals surface area contributed by atoms with E-state index in [-0.39, 0.29) is 24.0 Å². The van der Waals surface area contributed by atoms with Gasteiger partial charge in [-0.1, -0.05) is 30.3 Å². The van der Waals surface area contributed by atoms with Crippen LogP contribution in [0.1, 0.15) is 45.7 Å². The van der Waals surface area contributed by atoms with E-state index in [1.807, 2.05) is 47.4 Å². The highest BCUT2D eigenvalue weighted by atomic mass is 16.5. The molecule has 0 aromatic heterocycles. The smallest absolute Gasteiger partial charge is 0.258 e. The SMILES string of the molecule is CC1CN(Cc2ccc(C(=O)Nc3ccc(C(=O)N4CCc5ccccc54)cc3)cc2)CC(C)O1. The third-order valence-electron chi connectivity index (χ3n) is 6.64. The normalized spacial score (nSPS) is 19.9. The average molecular weight is 470 g/mol. The van der Waals surface area contributed by atoms with Gasteiger partial charge >= 0.3 is 0 Å². The van der Waals surface area contributed by atoms with Gasteiger partial charge in [0.1, 0.15) is 0 Å². The molecule has 3 aromatic carbocycles. The molecule has 6 heteroatoms. The second-order valence-corrected chi connectivity index (χ2v) is 9.52. The molecule has 1 saturated heterocycles. The minimum atomic E-state index is -0.169. The van der Waals surface area contributed by atoms with Gasteiger partial charge in [-0.05, 0) is 73.9 Å². The molecule has 2 atom stereocenters. The summed E-state index contributed by atoms with van der Waals surface area (Å²) in [6.07, 6.45) is 1.34. The van der Waals surface area contributed by atoms with Crippen LogP contribution in [0.5, 0.6) is 0 Å². The number of fused-ring (bicyclic) bond motifs is 1. The fourth-order valence-electron chi connectivity index (χ4n) is 5.04. The summed E-state index contributed by atoms with van der Waals surface area (Å²) in [7, 11) is 0. The Balaban J connectivity index is 1.18. The number of anilines is 2. The van der Waals surface area contributed by atoms with Gasteiger partial charge in [0, 0.05) is 48.7 Å². The fourth-order valence-corrected chi connectivity index (χ4v) is 5.04. The topological polar surface area (TPSA) is 61.9 Å². The maximum absolute atomic E-state index is 13.0. The molecular weight excluding hydrogens is 438 g/mol. The Bertz CT molecular complexity index is 1200. The number of benzene rings is 3. The van der Waals surface area contributed by atoms with Crippen LogP contribution in [0.2, 0.25) is 0 Å². The van der Waals surface area contributed by atoms with Crippen LogP contribution in [0.15, 0.2) is 72.8 Å². The molecule has 3 aromatic rings. The summed E-state index contributed by atoms with van der Waals surface area (Å²) in [6.45, 7) is 7.56. The first-order valence-electron chi connectivity index (χ1n) is 12.2. The summed E-state index contributed by atoms with van der Waals surface area (Å²) in [5.41, 5.74) is 5.23. The fraction of sp³-hybridized carbons (Fsp3) is 0.310. The second-order valence-electron chi connectivity index (χ2n) is 9.52. The molecule has 0 saturated carbocycles. The number of ether oxygens (including phenoxy) is 1. The Morgan fingerprint density at radius 1 is 0.886 bits per heavy atom. The van der Waals surface area contributed by atoms with Crippen molar-refractivity contribution in [1.29, 1.82) is 0 Å². The van der Waals surface area contributed by atoms with Gasteiger partial charge in [0.15, 0.2) is 0 Å². The lowest BCUT2D eigenvalue weighted by atomic mass is 10.1. The van der Waals surface area contributed by atoms with Crippen molar-refractivity contribution in [3.63, 3.8) is 0 Å². The molecule has 1 N–H and O–H groups in total. The molecule has 1 fully saturated rings. The van der Waals surface area contributed by atoms with Crippen molar-refractivity contribution in [3.05, 3.63) is 95.1 Å². The predicted molar refractivity (Wildman–Crippen MR) is 138 cm³/mol. The Labute approximate surface area is 206 Å². The Morgan fingerprint density at radius 3 is 2.26 bits per heavy atom. The molecule has 0 aliphatic carbocycles. The van der Waals surface area contributed by atoms with Crippen LogP contribution in [-0.4, -0.2) is 48.6 Å². The molecule has 0 spiro atoms. The molecule has 2 unspecified atom stereocenters. The third kappa shape index (κ3) is 5.29. The third-order valence-corrected chi connectivity index (χ3v) is 6.64. The van der Waals surface area contributed by atoms with Gasteiger partial charge in [0.25, 0.3) is 11.8 Å². The highest BCUT2D eigenvalue weighted by molar-refractivity contribution is 6.08. The van der Waals surface area contributed by atoms with E-state index >= 15 is 0 Å². The highest BCUT2D eigenvalue weighted by Gasteiger charge is 2.25. The van der Waals surface area contributed by atoms with E-state index in [4.69, 9.17) is 4.74 Å². The predicted octanol–water partition coefficient (Wildman–Crippen LogP) is 4.75. The number of para-hydroxylation sites is 1. The lowest BCUT2D eigenvalue weighted by Gasteiger charge is -2.35. The number of rotatable bonds is 5. The molecule has 6 nitrogen and oxygen atoms in total. The molecule has 2 aliphatic rings. The zero-order chi connectivity index (χ0) is 24.4. The lowest BCUT2D eigenvalue weighted by molar-refractivity contribution is -0.0704. The Hall–Kier alpha value is -3.48. The van der Waals surface area contributed by atoms with Gasteiger partial charge in [-0.15, -0.1) is 0 Å². The van der Waals surface area contributed by atoms with E-state index in [1.165, 1.54) is 11.1 Å². The summed E-state index contributed by atoms with van der Waals surface area (Å²) in [5, 5.41) is 2.93. The number of nitrogens with one attached hydrogen (secondary N) is 1. The van der Waals surface area contributed by atoms with Crippen LogP contribution in [0, 0.1) is 0 Å². The van der Waals surface area contributed by atoms with Crippen LogP contribution in [0.3, 0.4) is 0 Å². The number of carbonyl (C=O) groups excluding carboxylic acids is 2. The molecule has 2 aliphatic heterocycles. The summed E-state index contributed by atoms with van der Waals surface area (Å²) >= 11 is 0. The monoisotopic (exact) mass is 469 g/mol. The molecule has 0 radical (unpaired) electrons. The van der Waals surface area contributed by atoms with E-state index in [1.54, 1.807) is 24.3 Å². The minimum Gasteiger partial charge on any atom is -0.373 e. The summed E-state index contributed by atoms with van der Waals surface area (Å²) < 4.78 is 5.81. The van der Waals surface area contributed by atoms with Gasteiger partial charge in [-0.2, -0.15) is 0 Å². The van der Waals surface area contributed by atoms with Crippen molar-refractivity contribution >= 4 is 23.2 Å². The zero-order valence-electron chi connectivity index (χ0n) is 20.2. The number of carbonyl (C=O) groups is 2. The number of hydrogen-bond acceptors (Lipinski definition) is 4. The van der Waals surface area contributed by atoms with E-state index in [2.05, 4.69) is 30.1 Å². The summed E-state index contributed by atoms with van der Waals surface area (Å²) in [4.78, 5) is 30.0. The van der Waals surface area contributed by atoms with Gasteiger partial charge < -0.3 is 15.0 Å². The maximum Gasteiger partial charge on any atom is 0.258 e. The van der Waals surface area contributed by atoms with Gasteiger partial charge in [0.05, 0.1) is 12.2 Å². The summed E-state index contributed by atoms with van der Waals surface area (Å²) in [6, 6.07) is 22.9. The molecular formula is C29H31N3O3. The molecule has 2 amide bonds. The van der Waals surface area contributed by atoms with Crippen LogP contribution in [0.4, 0.5) is 11.4 Å². The standard InChI is InChI=1S/C29H31N3O3/c1-20-17-31(18-21(2)35-20)19-22-7-9-24(10-8-22)28(33)30-26-13-11-25(12-14-26)29(34)32-16-15-23-5-3-4-6-27(23)32/h3-14,20-21H,15-19H2,1-2H3,(H,30,33). The Morgan fingerprint density at radius 2 is 1.54 bits per heavy atom. The van der Waals surface area contributed by atoms with Crippen molar-refractivity contribution in [2.24, 2.45) is 0 Å². The maximum atomic E-state index is 13.0. The van der Waals surface area contributed by atoms with Gasteiger partial charge in [-0.3, -0.25) is 14.5 Å². The molecule has 5 rings (SSSR count). The van der Waals surface area contributed by atoms with E-state index in [0.29, 0.717) is 23.4 Å². The van der Waals surface area contributed by atoms with Crippen molar-refractivity contribution in [2.75, 3.05) is 29.9 Å². The van der Waals surface area contributed by atoms with Crippen LogP contribution in [-0.2, 0) is 17.7 Å². The Kier molecular flexibility index (Phi) is 6.66.